The molecule has 4 heteroatoms. The second-order valence-electron chi connectivity index (χ2n) is 6.06. The van der Waals surface area contributed by atoms with E-state index < -0.39 is 12.1 Å². The highest BCUT2D eigenvalue weighted by Gasteiger charge is 2.25. The highest BCUT2D eigenvalue weighted by molar-refractivity contribution is 6.01. The van der Waals surface area contributed by atoms with E-state index in [1.807, 2.05) is 36.4 Å². The lowest BCUT2D eigenvalue weighted by Crippen LogP contribution is -2.19. The third-order valence-corrected chi connectivity index (χ3v) is 4.16. The van der Waals surface area contributed by atoms with Crippen LogP contribution in [0.2, 0.25) is 0 Å². The van der Waals surface area contributed by atoms with Gasteiger partial charge in [-0.1, -0.05) is 60.7 Å². The molecule has 3 rings (SSSR count). The summed E-state index contributed by atoms with van der Waals surface area (Å²) in [5.74, 6) is -0.231. The van der Waals surface area contributed by atoms with E-state index in [4.69, 9.17) is 9.47 Å². The zero-order valence-electron chi connectivity index (χ0n) is 15.4. The number of hydrogen-bond acceptors (Lipinski definition) is 4. The Labute approximate surface area is 164 Å². The Morgan fingerprint density at radius 3 is 2.04 bits per heavy atom. The van der Waals surface area contributed by atoms with Crippen molar-refractivity contribution < 1.29 is 19.1 Å². The van der Waals surface area contributed by atoms with Gasteiger partial charge in [0.1, 0.15) is 5.75 Å². The Bertz CT molecular complexity index is 945. The van der Waals surface area contributed by atoms with E-state index in [1.165, 1.54) is 6.08 Å². The molecule has 0 saturated carbocycles. The number of ether oxygens (including phenoxy) is 2. The van der Waals surface area contributed by atoms with Gasteiger partial charge in [0, 0.05) is 17.2 Å². The van der Waals surface area contributed by atoms with Crippen LogP contribution in [-0.2, 0) is 9.53 Å². The van der Waals surface area contributed by atoms with E-state index in [0.29, 0.717) is 16.9 Å². The molecule has 0 aromatic heterocycles. The van der Waals surface area contributed by atoms with Crippen LogP contribution in [0.5, 0.6) is 5.75 Å². The lowest BCUT2D eigenvalue weighted by molar-refractivity contribution is -0.141. The second kappa shape index (κ2) is 9.33. The van der Waals surface area contributed by atoms with Crippen molar-refractivity contribution >= 4 is 17.8 Å². The molecule has 3 aromatic carbocycles. The largest absolute Gasteiger partial charge is 0.497 e. The van der Waals surface area contributed by atoms with Crippen LogP contribution in [0.15, 0.2) is 91.0 Å². The number of esters is 1. The molecule has 0 saturated heterocycles. The fraction of sp³-hybridized carbons (Fsp3) is 0.0833. The zero-order chi connectivity index (χ0) is 19.8. The predicted molar refractivity (Wildman–Crippen MR) is 108 cm³/mol. The van der Waals surface area contributed by atoms with Gasteiger partial charge in [0.25, 0.3) is 0 Å². The van der Waals surface area contributed by atoms with Gasteiger partial charge >= 0.3 is 5.97 Å². The van der Waals surface area contributed by atoms with Crippen LogP contribution >= 0.6 is 0 Å². The molecule has 28 heavy (non-hydrogen) atoms. The van der Waals surface area contributed by atoms with Gasteiger partial charge in [-0.05, 0) is 35.9 Å². The molecule has 140 valence electrons. The van der Waals surface area contributed by atoms with Crippen LogP contribution in [0.3, 0.4) is 0 Å². The van der Waals surface area contributed by atoms with Crippen LogP contribution in [0.1, 0.15) is 27.6 Å². The van der Waals surface area contributed by atoms with Crippen LogP contribution in [0, 0.1) is 0 Å². The lowest BCUT2D eigenvalue weighted by atomic mass is 9.99. The highest BCUT2D eigenvalue weighted by Crippen LogP contribution is 2.24. The lowest BCUT2D eigenvalue weighted by Gasteiger charge is -2.16. The molecular weight excluding hydrogens is 352 g/mol. The first-order valence-corrected chi connectivity index (χ1v) is 8.84. The van der Waals surface area contributed by atoms with E-state index in [2.05, 4.69) is 0 Å². The third-order valence-electron chi connectivity index (χ3n) is 4.16. The number of carbonyl (C=O) groups excluding carboxylic acids is 2. The maximum atomic E-state index is 13.0. The van der Waals surface area contributed by atoms with E-state index in [9.17, 15) is 9.59 Å². The molecule has 0 spiro atoms. The normalized spacial score (nSPS) is 11.8. The minimum atomic E-state index is -1.03. The molecule has 4 nitrogen and oxygen atoms in total. The fourth-order valence-electron chi connectivity index (χ4n) is 2.69. The van der Waals surface area contributed by atoms with Gasteiger partial charge in [-0.2, -0.15) is 0 Å². The number of methoxy groups -OCH3 is 1. The molecule has 0 unspecified atom stereocenters. The molecule has 0 N–H and O–H groups in total. The Morgan fingerprint density at radius 1 is 0.821 bits per heavy atom. The standard InChI is InChI=1S/C24H20O4/c1-27-21-15-13-19(14-16-21)23(26)24(20-10-6-3-7-11-20)28-22(25)17-12-18-8-4-2-5-9-18/h2-17,24H,1H3/b17-12+/t24-/m1/s1. The molecule has 0 amide bonds. The molecule has 0 aliphatic rings. The van der Waals surface area contributed by atoms with Crippen molar-refractivity contribution in [2.45, 2.75) is 6.10 Å². The van der Waals surface area contributed by atoms with Gasteiger partial charge < -0.3 is 9.47 Å². The summed E-state index contributed by atoms with van der Waals surface area (Å²) in [6, 6.07) is 25.1. The molecule has 0 aliphatic heterocycles. The summed E-state index contributed by atoms with van der Waals surface area (Å²) in [7, 11) is 1.56. The van der Waals surface area contributed by atoms with E-state index in [0.717, 1.165) is 5.56 Å². The summed E-state index contributed by atoms with van der Waals surface area (Å²) in [4.78, 5) is 25.4. The number of ketones is 1. The molecule has 3 aromatic rings. The van der Waals surface area contributed by atoms with Gasteiger partial charge in [0.05, 0.1) is 7.11 Å². The van der Waals surface area contributed by atoms with Crippen molar-refractivity contribution in [2.75, 3.05) is 7.11 Å². The van der Waals surface area contributed by atoms with Crippen molar-refractivity contribution in [3.63, 3.8) is 0 Å². The summed E-state index contributed by atoms with van der Waals surface area (Å²) in [6.07, 6.45) is 1.96. The van der Waals surface area contributed by atoms with Crippen LogP contribution < -0.4 is 4.74 Å². The topological polar surface area (TPSA) is 52.6 Å². The van der Waals surface area contributed by atoms with Gasteiger partial charge in [0.15, 0.2) is 6.10 Å². The second-order valence-corrected chi connectivity index (χ2v) is 6.06. The first kappa shape index (κ1) is 19.1. The smallest absolute Gasteiger partial charge is 0.331 e. The van der Waals surface area contributed by atoms with Gasteiger partial charge in [0.2, 0.25) is 5.78 Å². The first-order valence-electron chi connectivity index (χ1n) is 8.84. The van der Waals surface area contributed by atoms with Crippen LogP contribution in [0.4, 0.5) is 0 Å². The van der Waals surface area contributed by atoms with Crippen LogP contribution in [-0.4, -0.2) is 18.9 Å². The summed E-state index contributed by atoms with van der Waals surface area (Å²) < 4.78 is 10.7. The first-order chi connectivity index (χ1) is 13.7. The maximum Gasteiger partial charge on any atom is 0.331 e. The molecule has 0 aliphatic carbocycles. The Kier molecular flexibility index (Phi) is 6.37. The maximum absolute atomic E-state index is 13.0. The molecule has 0 fully saturated rings. The Morgan fingerprint density at radius 2 is 1.43 bits per heavy atom. The number of hydrogen-bond donors (Lipinski definition) is 0. The van der Waals surface area contributed by atoms with Crippen molar-refractivity contribution in [3.8, 4) is 5.75 Å². The van der Waals surface area contributed by atoms with E-state index >= 15 is 0 Å². The minimum absolute atomic E-state index is 0.296. The van der Waals surface area contributed by atoms with Crippen molar-refractivity contribution in [2.24, 2.45) is 0 Å². The molecule has 0 heterocycles. The van der Waals surface area contributed by atoms with Crippen LogP contribution in [0.25, 0.3) is 6.08 Å². The summed E-state index contributed by atoms with van der Waals surface area (Å²) in [5, 5.41) is 0. The summed E-state index contributed by atoms with van der Waals surface area (Å²) in [6.45, 7) is 0. The SMILES string of the molecule is COc1ccc(C(=O)[C@H](OC(=O)/C=C/c2ccccc2)c2ccccc2)cc1. The minimum Gasteiger partial charge on any atom is -0.497 e. The average molecular weight is 372 g/mol. The fourth-order valence-corrected chi connectivity index (χ4v) is 2.69. The van der Waals surface area contributed by atoms with E-state index in [-0.39, 0.29) is 5.78 Å². The number of benzene rings is 3. The summed E-state index contributed by atoms with van der Waals surface area (Å²) in [5.41, 5.74) is 1.93. The quantitative estimate of drug-likeness (QED) is 0.337. The van der Waals surface area contributed by atoms with E-state index in [1.54, 1.807) is 61.7 Å². The average Bonchev–Trinajstić information content (AvgIpc) is 2.77. The third kappa shape index (κ3) is 4.95. The predicted octanol–water partition coefficient (Wildman–Crippen LogP) is 4.88. The van der Waals surface area contributed by atoms with Crippen molar-refractivity contribution in [1.29, 1.82) is 0 Å². The molecular formula is C24H20O4. The number of rotatable bonds is 7. The summed E-state index contributed by atoms with van der Waals surface area (Å²) >= 11 is 0. The molecule has 1 atom stereocenters. The molecule has 0 bridgehead atoms. The highest BCUT2D eigenvalue weighted by atomic mass is 16.5. The Balaban J connectivity index is 1.81. The van der Waals surface area contributed by atoms with Gasteiger partial charge in [-0.15, -0.1) is 0 Å². The van der Waals surface area contributed by atoms with Gasteiger partial charge in [-0.25, -0.2) is 4.79 Å². The number of carbonyl (C=O) groups is 2. The van der Waals surface area contributed by atoms with Crippen molar-refractivity contribution in [1.82, 2.24) is 0 Å². The monoisotopic (exact) mass is 372 g/mol. The molecule has 0 radical (unpaired) electrons. The van der Waals surface area contributed by atoms with Crippen molar-refractivity contribution in [3.05, 3.63) is 108 Å². The zero-order valence-corrected chi connectivity index (χ0v) is 15.4. The number of Topliss-reactive ketones (excluding diaryl/α,β-unsaturated/α-hetero) is 1. The Hall–Kier alpha value is -3.66. The van der Waals surface area contributed by atoms with Gasteiger partial charge in [-0.3, -0.25) is 4.79 Å².